The first-order valence-electron chi connectivity index (χ1n) is 47.5. The van der Waals surface area contributed by atoms with Crippen molar-refractivity contribution in [2.45, 2.75) is 516 Å². The molecule has 6 atom stereocenters. The van der Waals surface area contributed by atoms with Crippen molar-refractivity contribution in [3.63, 3.8) is 0 Å². The average Bonchev–Trinajstić information content (AvgIpc) is 0.898. The normalized spacial score (nSPS) is 14.0. The van der Waals surface area contributed by atoms with Crippen molar-refractivity contribution in [2.75, 3.05) is 39.6 Å². The molecule has 0 aliphatic rings. The van der Waals surface area contributed by atoms with Gasteiger partial charge in [-0.2, -0.15) is 0 Å². The second-order valence-corrected chi connectivity index (χ2v) is 36.7. The molecule has 0 aliphatic heterocycles. The maximum atomic E-state index is 13.2. The molecule has 0 heterocycles. The van der Waals surface area contributed by atoms with Crippen LogP contribution in [0, 0.1) is 11.8 Å². The molecule has 0 radical (unpaired) electrons. The summed E-state index contributed by atoms with van der Waals surface area (Å²) in [7, 11) is -9.94. The van der Waals surface area contributed by atoms with E-state index in [9.17, 15) is 43.2 Å². The summed E-state index contributed by atoms with van der Waals surface area (Å²) in [6.07, 6.45) is 78.1. The van der Waals surface area contributed by atoms with Gasteiger partial charge in [-0.05, 0) is 37.5 Å². The largest absolute Gasteiger partial charge is 0.472 e. The van der Waals surface area contributed by atoms with Crippen LogP contribution in [0.15, 0.2) is 0 Å². The van der Waals surface area contributed by atoms with E-state index < -0.39 is 97.5 Å². The highest BCUT2D eigenvalue weighted by atomic mass is 31.2. The minimum Gasteiger partial charge on any atom is -0.462 e. The Morgan fingerprint density at radius 3 is 0.685 bits per heavy atom. The smallest absolute Gasteiger partial charge is 0.462 e. The lowest BCUT2D eigenvalue weighted by Gasteiger charge is -2.21. The Hall–Kier alpha value is -1.94. The second kappa shape index (κ2) is 83.1. The molecule has 0 fully saturated rings. The fourth-order valence-electron chi connectivity index (χ4n) is 14.4. The van der Waals surface area contributed by atoms with Crippen molar-refractivity contribution in [1.82, 2.24) is 0 Å². The van der Waals surface area contributed by atoms with Crippen LogP contribution in [-0.2, 0) is 65.4 Å². The fraction of sp³-hybridized carbons (Fsp3) is 0.957. The number of hydrogen-bond acceptors (Lipinski definition) is 15. The third-order valence-corrected chi connectivity index (χ3v) is 24.0. The molecule has 0 saturated carbocycles. The van der Waals surface area contributed by atoms with Gasteiger partial charge in [0.05, 0.1) is 26.4 Å². The fourth-order valence-corrected chi connectivity index (χ4v) is 16.0. The minimum atomic E-state index is -4.97. The molecule has 3 unspecified atom stereocenters. The van der Waals surface area contributed by atoms with E-state index in [2.05, 4.69) is 41.5 Å². The molecule has 0 rings (SSSR count). The third-order valence-electron chi connectivity index (χ3n) is 22.1. The molecule has 0 aromatic carbocycles. The van der Waals surface area contributed by atoms with Crippen molar-refractivity contribution in [2.24, 2.45) is 11.8 Å². The summed E-state index contributed by atoms with van der Waals surface area (Å²) >= 11 is 0. The number of aliphatic hydroxyl groups excluding tert-OH is 1. The van der Waals surface area contributed by atoms with Crippen LogP contribution in [0.4, 0.5) is 0 Å². The number of hydrogen-bond donors (Lipinski definition) is 3. The molecule has 17 nitrogen and oxygen atoms in total. The molecule has 111 heavy (non-hydrogen) atoms. The predicted octanol–water partition coefficient (Wildman–Crippen LogP) is 28.6. The summed E-state index contributed by atoms with van der Waals surface area (Å²) in [5.41, 5.74) is 0. The lowest BCUT2D eigenvalue weighted by Crippen LogP contribution is -2.30. The van der Waals surface area contributed by atoms with Gasteiger partial charge in [-0.3, -0.25) is 37.3 Å². The Balaban J connectivity index is 5.21. The molecule has 0 amide bonds. The van der Waals surface area contributed by atoms with Gasteiger partial charge >= 0.3 is 39.5 Å². The van der Waals surface area contributed by atoms with Gasteiger partial charge in [-0.25, -0.2) is 9.13 Å². The molecule has 0 bridgehead atoms. The lowest BCUT2D eigenvalue weighted by atomic mass is 10.00. The number of carbonyl (C=O) groups is 4. The summed E-state index contributed by atoms with van der Waals surface area (Å²) in [4.78, 5) is 73.4. The van der Waals surface area contributed by atoms with Crippen molar-refractivity contribution >= 4 is 39.5 Å². The number of unbranched alkanes of at least 4 members (excludes halogenated alkanes) is 60. The number of rotatable bonds is 91. The molecular weight excluding hydrogens is 1440 g/mol. The summed E-state index contributed by atoms with van der Waals surface area (Å²) in [6, 6.07) is 0. The van der Waals surface area contributed by atoms with Crippen LogP contribution < -0.4 is 0 Å². The Morgan fingerprint density at radius 2 is 0.459 bits per heavy atom. The van der Waals surface area contributed by atoms with E-state index in [1.807, 2.05) is 0 Å². The highest BCUT2D eigenvalue weighted by molar-refractivity contribution is 7.47. The van der Waals surface area contributed by atoms with E-state index in [0.717, 1.165) is 108 Å². The molecule has 0 saturated heterocycles. The number of phosphoric ester groups is 2. The molecule has 19 heteroatoms. The van der Waals surface area contributed by atoms with Gasteiger partial charge < -0.3 is 33.8 Å². The first-order valence-corrected chi connectivity index (χ1v) is 50.5. The predicted molar refractivity (Wildman–Crippen MR) is 460 cm³/mol. The highest BCUT2D eigenvalue weighted by Gasteiger charge is 2.31. The lowest BCUT2D eigenvalue weighted by molar-refractivity contribution is -0.161. The second-order valence-electron chi connectivity index (χ2n) is 33.8. The van der Waals surface area contributed by atoms with Crippen LogP contribution in [0.2, 0.25) is 0 Å². The quantitative estimate of drug-likeness (QED) is 0.0222. The Bertz CT molecular complexity index is 2120. The highest BCUT2D eigenvalue weighted by Crippen LogP contribution is 2.45. The number of ether oxygens (including phenoxy) is 4. The zero-order valence-electron chi connectivity index (χ0n) is 73.3. The maximum Gasteiger partial charge on any atom is 0.472 e. The number of carbonyl (C=O) groups excluding carboxylic acids is 4. The van der Waals surface area contributed by atoms with E-state index in [0.29, 0.717) is 25.7 Å². The van der Waals surface area contributed by atoms with Crippen molar-refractivity contribution in [1.29, 1.82) is 0 Å². The SMILES string of the molecule is CCCCCCCCCCCCCCCCCCCCCCCCC(=O)O[C@H](COC(=O)CCCCCCCCCCCCCCCCCCCCC(C)C)COP(=O)(O)OC[C@@H](O)COP(=O)(O)OC[C@@H](COC(=O)CCCCCCCCC(C)CC)OC(=O)CCCCCCCCCCCCCCCCCCCC. The Kier molecular flexibility index (Phi) is 81.7. The summed E-state index contributed by atoms with van der Waals surface area (Å²) in [6.45, 7) is 9.70. The summed E-state index contributed by atoms with van der Waals surface area (Å²) < 4.78 is 69.1. The first kappa shape index (κ1) is 109. The summed E-state index contributed by atoms with van der Waals surface area (Å²) in [5, 5.41) is 10.7. The molecule has 0 spiro atoms. The zero-order chi connectivity index (χ0) is 81.3. The van der Waals surface area contributed by atoms with E-state index in [1.54, 1.807) is 0 Å². The topological polar surface area (TPSA) is 237 Å². The average molecular weight is 1620 g/mol. The van der Waals surface area contributed by atoms with E-state index in [-0.39, 0.29) is 25.7 Å². The van der Waals surface area contributed by atoms with Crippen molar-refractivity contribution in [3.05, 3.63) is 0 Å². The molecule has 3 N–H and O–H groups in total. The van der Waals surface area contributed by atoms with Crippen LogP contribution in [0.3, 0.4) is 0 Å². The van der Waals surface area contributed by atoms with E-state index >= 15 is 0 Å². The van der Waals surface area contributed by atoms with Gasteiger partial charge in [0, 0.05) is 25.7 Å². The molecule has 0 aromatic heterocycles. The third kappa shape index (κ3) is 84.3. The molecule has 660 valence electrons. The molecule has 0 aliphatic carbocycles. The van der Waals surface area contributed by atoms with Crippen LogP contribution in [0.1, 0.15) is 497 Å². The summed E-state index contributed by atoms with van der Waals surface area (Å²) in [5.74, 6) is -0.543. The van der Waals surface area contributed by atoms with Gasteiger partial charge in [0.1, 0.15) is 19.3 Å². The first-order chi connectivity index (χ1) is 53.9. The molecule has 0 aromatic rings. The Morgan fingerprint density at radius 1 is 0.261 bits per heavy atom. The molecular formula is C92H180O17P2. The minimum absolute atomic E-state index is 0.108. The van der Waals surface area contributed by atoms with Crippen LogP contribution in [-0.4, -0.2) is 96.7 Å². The van der Waals surface area contributed by atoms with E-state index in [4.69, 9.17) is 37.0 Å². The van der Waals surface area contributed by atoms with Crippen LogP contribution in [0.5, 0.6) is 0 Å². The standard InChI is InChI=1S/C92H180O17P2/c1-7-10-12-14-16-18-20-22-24-26-28-29-30-31-37-41-45-49-53-57-65-70-76-91(96)108-87(80-102-89(94)74-68-62-55-51-47-43-39-36-33-32-34-38-42-46-50-54-60-66-72-84(4)5)82-106-110(98,99)104-78-86(93)79-105-111(100,101)107-83-88(81-103-90(95)75-69-63-59-58-61-67-73-85(6)9-3)109-92(97)77-71-64-56-52-48-44-40-35-27-25-23-21-19-17-15-13-11-8-2/h84-88,93H,7-83H2,1-6H3,(H,98,99)(H,100,101)/t85?,86-,87-,88-/m1/s1. The van der Waals surface area contributed by atoms with Crippen molar-refractivity contribution in [3.8, 4) is 0 Å². The van der Waals surface area contributed by atoms with Gasteiger partial charge in [0.2, 0.25) is 0 Å². The number of esters is 4. The number of phosphoric acid groups is 2. The zero-order valence-corrected chi connectivity index (χ0v) is 75.1. The van der Waals surface area contributed by atoms with Gasteiger partial charge in [0.25, 0.3) is 0 Å². The van der Waals surface area contributed by atoms with Crippen molar-refractivity contribution < 1.29 is 80.2 Å². The number of aliphatic hydroxyl groups is 1. The van der Waals surface area contributed by atoms with Gasteiger partial charge in [-0.15, -0.1) is 0 Å². The Labute approximate surface area is 683 Å². The monoisotopic (exact) mass is 1620 g/mol. The van der Waals surface area contributed by atoms with Gasteiger partial charge in [-0.1, -0.05) is 446 Å². The van der Waals surface area contributed by atoms with Gasteiger partial charge in [0.15, 0.2) is 12.2 Å². The maximum absolute atomic E-state index is 13.2. The van der Waals surface area contributed by atoms with E-state index in [1.165, 1.54) is 308 Å². The van der Waals surface area contributed by atoms with Crippen LogP contribution in [0.25, 0.3) is 0 Å². The van der Waals surface area contributed by atoms with Crippen LogP contribution >= 0.6 is 15.6 Å².